The Bertz CT molecular complexity index is 316. The van der Waals surface area contributed by atoms with E-state index < -0.39 is 11.4 Å². The van der Waals surface area contributed by atoms with E-state index in [0.29, 0.717) is 6.42 Å². The van der Waals surface area contributed by atoms with Crippen LogP contribution >= 0.6 is 0 Å². The monoisotopic (exact) mass is 255 g/mol. The summed E-state index contributed by atoms with van der Waals surface area (Å²) in [4.78, 5) is 23.4. The van der Waals surface area contributed by atoms with Crippen molar-refractivity contribution in [1.29, 1.82) is 0 Å². The molecule has 18 heavy (non-hydrogen) atoms. The van der Waals surface area contributed by atoms with Crippen LogP contribution in [0.15, 0.2) is 0 Å². The molecule has 1 amide bonds. The quantitative estimate of drug-likeness (QED) is 0.793. The summed E-state index contributed by atoms with van der Waals surface area (Å²) in [6, 6.07) is -0.226. The molecule has 0 aromatic heterocycles. The molecule has 0 aromatic rings. The van der Waals surface area contributed by atoms with Crippen molar-refractivity contribution in [2.45, 2.75) is 65.3 Å². The SMILES string of the molecule is CCCC(C)C(=O)NC1CCCCC1(C)C(=O)O. The van der Waals surface area contributed by atoms with Crippen molar-refractivity contribution in [3.8, 4) is 0 Å². The molecule has 1 aliphatic rings. The lowest BCUT2D eigenvalue weighted by Gasteiger charge is -2.38. The number of hydrogen-bond donors (Lipinski definition) is 2. The van der Waals surface area contributed by atoms with Crippen LogP contribution < -0.4 is 5.32 Å². The van der Waals surface area contributed by atoms with Gasteiger partial charge < -0.3 is 10.4 Å². The van der Waals surface area contributed by atoms with E-state index in [9.17, 15) is 14.7 Å². The van der Waals surface area contributed by atoms with Crippen molar-refractivity contribution in [1.82, 2.24) is 5.32 Å². The predicted octanol–water partition coefficient (Wildman–Crippen LogP) is 2.57. The number of nitrogens with one attached hydrogen (secondary N) is 1. The summed E-state index contributed by atoms with van der Waals surface area (Å²) < 4.78 is 0. The molecule has 1 fully saturated rings. The van der Waals surface area contributed by atoms with Gasteiger partial charge in [0.1, 0.15) is 0 Å². The van der Waals surface area contributed by atoms with Crippen LogP contribution in [0.2, 0.25) is 0 Å². The zero-order valence-corrected chi connectivity index (χ0v) is 11.7. The van der Waals surface area contributed by atoms with Gasteiger partial charge in [-0.05, 0) is 26.2 Å². The van der Waals surface area contributed by atoms with E-state index in [1.54, 1.807) is 6.92 Å². The number of carbonyl (C=O) groups is 2. The maximum absolute atomic E-state index is 12.0. The van der Waals surface area contributed by atoms with Crippen LogP contribution in [-0.2, 0) is 9.59 Å². The molecular formula is C14H25NO3. The molecule has 1 saturated carbocycles. The van der Waals surface area contributed by atoms with Crippen molar-refractivity contribution < 1.29 is 14.7 Å². The zero-order valence-electron chi connectivity index (χ0n) is 11.7. The van der Waals surface area contributed by atoms with E-state index in [0.717, 1.165) is 32.1 Å². The second-order valence-electron chi connectivity index (χ2n) is 5.72. The third-order valence-electron chi connectivity index (χ3n) is 4.18. The van der Waals surface area contributed by atoms with Gasteiger partial charge in [-0.2, -0.15) is 0 Å². The molecule has 0 spiro atoms. The van der Waals surface area contributed by atoms with Crippen molar-refractivity contribution in [3.63, 3.8) is 0 Å². The minimum absolute atomic E-state index is 0.00350. The molecule has 0 radical (unpaired) electrons. The van der Waals surface area contributed by atoms with Crippen LogP contribution in [0.1, 0.15) is 59.3 Å². The number of carboxylic acids is 1. The first-order valence-electron chi connectivity index (χ1n) is 6.95. The van der Waals surface area contributed by atoms with Gasteiger partial charge in [-0.25, -0.2) is 0 Å². The molecule has 1 aliphatic carbocycles. The normalized spacial score (nSPS) is 29.6. The van der Waals surface area contributed by atoms with Gasteiger partial charge in [0.25, 0.3) is 0 Å². The Morgan fingerprint density at radius 3 is 2.67 bits per heavy atom. The Morgan fingerprint density at radius 2 is 2.11 bits per heavy atom. The van der Waals surface area contributed by atoms with Gasteiger partial charge in [0.2, 0.25) is 5.91 Å². The highest BCUT2D eigenvalue weighted by molar-refractivity contribution is 5.81. The first-order chi connectivity index (χ1) is 8.41. The lowest BCUT2D eigenvalue weighted by molar-refractivity contribution is -0.152. The molecule has 0 aromatic carbocycles. The van der Waals surface area contributed by atoms with Gasteiger partial charge >= 0.3 is 5.97 Å². The Morgan fingerprint density at radius 1 is 1.44 bits per heavy atom. The molecule has 3 unspecified atom stereocenters. The van der Waals surface area contributed by atoms with Crippen molar-refractivity contribution in [2.75, 3.05) is 0 Å². The lowest BCUT2D eigenvalue weighted by Crippen LogP contribution is -2.53. The first-order valence-corrected chi connectivity index (χ1v) is 6.95. The predicted molar refractivity (Wildman–Crippen MR) is 70.2 cm³/mol. The van der Waals surface area contributed by atoms with Crippen LogP contribution in [0, 0.1) is 11.3 Å². The van der Waals surface area contributed by atoms with Gasteiger partial charge in [0.05, 0.1) is 5.41 Å². The molecule has 0 heterocycles. The average Bonchev–Trinajstić information content (AvgIpc) is 2.32. The molecule has 2 N–H and O–H groups in total. The topological polar surface area (TPSA) is 66.4 Å². The Kier molecular flexibility index (Phi) is 5.17. The molecule has 0 bridgehead atoms. The second kappa shape index (κ2) is 6.21. The number of amides is 1. The molecule has 0 saturated heterocycles. The summed E-state index contributed by atoms with van der Waals surface area (Å²) in [6.45, 7) is 5.70. The maximum atomic E-state index is 12.0. The van der Waals surface area contributed by atoms with Crippen LogP contribution in [-0.4, -0.2) is 23.0 Å². The fourth-order valence-corrected chi connectivity index (χ4v) is 2.70. The molecule has 1 rings (SSSR count). The second-order valence-corrected chi connectivity index (χ2v) is 5.72. The fraction of sp³-hybridized carbons (Fsp3) is 0.857. The third-order valence-corrected chi connectivity index (χ3v) is 4.18. The highest BCUT2D eigenvalue weighted by atomic mass is 16.4. The average molecular weight is 255 g/mol. The van der Waals surface area contributed by atoms with Crippen LogP contribution in [0.4, 0.5) is 0 Å². The fourth-order valence-electron chi connectivity index (χ4n) is 2.70. The number of aliphatic carboxylic acids is 1. The highest BCUT2D eigenvalue weighted by Crippen LogP contribution is 2.36. The molecule has 104 valence electrons. The molecular weight excluding hydrogens is 230 g/mol. The Balaban J connectivity index is 2.68. The maximum Gasteiger partial charge on any atom is 0.311 e. The van der Waals surface area contributed by atoms with E-state index in [4.69, 9.17) is 0 Å². The van der Waals surface area contributed by atoms with Crippen molar-refractivity contribution in [3.05, 3.63) is 0 Å². The third kappa shape index (κ3) is 3.24. The molecule has 4 heteroatoms. The van der Waals surface area contributed by atoms with Gasteiger partial charge in [0, 0.05) is 12.0 Å². The van der Waals surface area contributed by atoms with E-state index in [-0.39, 0.29) is 17.9 Å². The summed E-state index contributed by atoms with van der Waals surface area (Å²) >= 11 is 0. The number of carboxylic acid groups (broad SMARTS) is 1. The number of carbonyl (C=O) groups excluding carboxylic acids is 1. The first kappa shape index (κ1) is 15.0. The van der Waals surface area contributed by atoms with Crippen LogP contribution in [0.25, 0.3) is 0 Å². The largest absolute Gasteiger partial charge is 0.481 e. The minimum Gasteiger partial charge on any atom is -0.481 e. The number of hydrogen-bond acceptors (Lipinski definition) is 2. The minimum atomic E-state index is -0.806. The standard InChI is InChI=1S/C14H25NO3/c1-4-7-10(2)12(16)15-11-8-5-6-9-14(11,3)13(17)18/h10-11H,4-9H2,1-3H3,(H,15,16)(H,17,18). The van der Waals surface area contributed by atoms with Crippen molar-refractivity contribution in [2.24, 2.45) is 11.3 Å². The Labute approximate surface area is 109 Å². The summed E-state index contributed by atoms with van der Waals surface area (Å²) in [5, 5.41) is 12.3. The number of rotatable bonds is 5. The zero-order chi connectivity index (χ0) is 13.8. The van der Waals surface area contributed by atoms with E-state index in [2.05, 4.69) is 5.32 Å². The van der Waals surface area contributed by atoms with Gasteiger partial charge in [-0.1, -0.05) is 33.1 Å². The summed E-state index contributed by atoms with van der Waals surface area (Å²) in [5.41, 5.74) is -0.806. The van der Waals surface area contributed by atoms with Gasteiger partial charge in [0.15, 0.2) is 0 Å². The van der Waals surface area contributed by atoms with E-state index >= 15 is 0 Å². The smallest absolute Gasteiger partial charge is 0.311 e. The van der Waals surface area contributed by atoms with Gasteiger partial charge in [-0.15, -0.1) is 0 Å². The van der Waals surface area contributed by atoms with Gasteiger partial charge in [-0.3, -0.25) is 9.59 Å². The molecule has 4 nitrogen and oxygen atoms in total. The molecule has 0 aliphatic heterocycles. The Hall–Kier alpha value is -1.06. The van der Waals surface area contributed by atoms with E-state index in [1.165, 1.54) is 0 Å². The molecule has 3 atom stereocenters. The highest BCUT2D eigenvalue weighted by Gasteiger charge is 2.44. The summed E-state index contributed by atoms with van der Waals surface area (Å²) in [5.74, 6) is -0.832. The lowest BCUT2D eigenvalue weighted by atomic mass is 9.71. The summed E-state index contributed by atoms with van der Waals surface area (Å²) in [6.07, 6.45) is 5.16. The van der Waals surface area contributed by atoms with E-state index in [1.807, 2.05) is 13.8 Å². The van der Waals surface area contributed by atoms with Crippen LogP contribution in [0.5, 0.6) is 0 Å². The van der Waals surface area contributed by atoms with Crippen molar-refractivity contribution >= 4 is 11.9 Å². The summed E-state index contributed by atoms with van der Waals surface area (Å²) in [7, 11) is 0. The van der Waals surface area contributed by atoms with Crippen LogP contribution in [0.3, 0.4) is 0 Å².